The molecule has 1 heterocycles. The lowest BCUT2D eigenvalue weighted by Crippen LogP contribution is -2.22. The second kappa shape index (κ2) is 6.84. The molecule has 0 atom stereocenters. The molecule has 2 aromatic carbocycles. The fourth-order valence-electron chi connectivity index (χ4n) is 2.40. The standard InChI is InChI=1S/C18H15ClFN3O/c1-12-21-7-8-23(12)17-6-5-13(9-16(17)20)11-22-18(24)14-3-2-4-15(19)10-14/h2-10H,11H2,1H3,(H,22,24). The van der Waals surface area contributed by atoms with Crippen molar-refractivity contribution in [2.75, 3.05) is 0 Å². The molecule has 0 saturated heterocycles. The Balaban J connectivity index is 1.71. The number of rotatable bonds is 4. The predicted molar refractivity (Wildman–Crippen MR) is 90.9 cm³/mol. The minimum atomic E-state index is -0.370. The van der Waals surface area contributed by atoms with Crippen molar-refractivity contribution in [2.45, 2.75) is 13.5 Å². The van der Waals surface area contributed by atoms with E-state index in [1.807, 2.05) is 0 Å². The van der Waals surface area contributed by atoms with Crippen molar-refractivity contribution in [1.29, 1.82) is 0 Å². The van der Waals surface area contributed by atoms with Crippen molar-refractivity contribution >= 4 is 17.5 Å². The Hall–Kier alpha value is -2.66. The highest BCUT2D eigenvalue weighted by atomic mass is 35.5. The first-order valence-corrected chi connectivity index (χ1v) is 7.75. The zero-order valence-corrected chi connectivity index (χ0v) is 13.7. The third kappa shape index (κ3) is 3.46. The fourth-order valence-corrected chi connectivity index (χ4v) is 2.59. The Morgan fingerprint density at radius 3 is 2.79 bits per heavy atom. The second-order valence-electron chi connectivity index (χ2n) is 5.32. The van der Waals surface area contributed by atoms with Gasteiger partial charge in [0.25, 0.3) is 5.91 Å². The number of imidazole rings is 1. The molecule has 3 rings (SSSR count). The van der Waals surface area contributed by atoms with Gasteiger partial charge in [-0.15, -0.1) is 0 Å². The summed E-state index contributed by atoms with van der Waals surface area (Å²) in [6.45, 7) is 2.03. The molecule has 6 heteroatoms. The molecule has 24 heavy (non-hydrogen) atoms. The molecule has 1 aromatic heterocycles. The summed E-state index contributed by atoms with van der Waals surface area (Å²) in [6, 6.07) is 11.5. The van der Waals surface area contributed by atoms with Crippen LogP contribution in [0, 0.1) is 12.7 Å². The largest absolute Gasteiger partial charge is 0.348 e. The number of carbonyl (C=O) groups excluding carboxylic acids is 1. The van der Waals surface area contributed by atoms with Gasteiger partial charge in [-0.05, 0) is 42.8 Å². The first-order chi connectivity index (χ1) is 11.5. The molecule has 1 N–H and O–H groups in total. The Bertz CT molecular complexity index is 891. The van der Waals surface area contributed by atoms with Crippen LogP contribution in [0.5, 0.6) is 0 Å². The van der Waals surface area contributed by atoms with Crippen LogP contribution in [-0.4, -0.2) is 15.5 Å². The summed E-state index contributed by atoms with van der Waals surface area (Å²) in [5.74, 6) is 0.0777. The summed E-state index contributed by atoms with van der Waals surface area (Å²) in [7, 11) is 0. The number of nitrogens with one attached hydrogen (secondary N) is 1. The zero-order valence-electron chi connectivity index (χ0n) is 13.0. The van der Waals surface area contributed by atoms with Crippen LogP contribution in [0.15, 0.2) is 54.9 Å². The van der Waals surface area contributed by atoms with Gasteiger partial charge < -0.3 is 9.88 Å². The topological polar surface area (TPSA) is 46.9 Å². The maximum atomic E-state index is 14.3. The first-order valence-electron chi connectivity index (χ1n) is 7.37. The molecule has 0 fully saturated rings. The Morgan fingerprint density at radius 1 is 1.29 bits per heavy atom. The van der Waals surface area contributed by atoms with Crippen LogP contribution in [0.1, 0.15) is 21.7 Å². The summed E-state index contributed by atoms with van der Waals surface area (Å²) in [6.07, 6.45) is 3.32. The predicted octanol–water partition coefficient (Wildman–Crippen LogP) is 3.90. The molecule has 1 amide bonds. The fraction of sp³-hybridized carbons (Fsp3) is 0.111. The minimum absolute atomic E-state index is 0.228. The van der Waals surface area contributed by atoms with Gasteiger partial charge in [0, 0.05) is 29.5 Å². The van der Waals surface area contributed by atoms with Gasteiger partial charge >= 0.3 is 0 Å². The van der Waals surface area contributed by atoms with Crippen LogP contribution in [0.4, 0.5) is 4.39 Å². The molecule has 0 aliphatic rings. The Kier molecular flexibility index (Phi) is 4.62. The van der Waals surface area contributed by atoms with E-state index in [1.54, 1.807) is 60.3 Å². The molecule has 3 aromatic rings. The summed E-state index contributed by atoms with van der Waals surface area (Å²) in [5, 5.41) is 3.25. The van der Waals surface area contributed by atoms with Gasteiger partial charge in [0.2, 0.25) is 0 Å². The zero-order chi connectivity index (χ0) is 17.1. The lowest BCUT2D eigenvalue weighted by molar-refractivity contribution is 0.0951. The van der Waals surface area contributed by atoms with Crippen LogP contribution in [0.2, 0.25) is 5.02 Å². The normalized spacial score (nSPS) is 10.6. The van der Waals surface area contributed by atoms with Gasteiger partial charge in [-0.3, -0.25) is 4.79 Å². The summed E-state index contributed by atoms with van der Waals surface area (Å²) in [5.41, 5.74) is 1.56. The van der Waals surface area contributed by atoms with E-state index in [0.717, 1.165) is 0 Å². The van der Waals surface area contributed by atoms with E-state index < -0.39 is 0 Å². The van der Waals surface area contributed by atoms with E-state index >= 15 is 0 Å². The van der Waals surface area contributed by atoms with E-state index in [-0.39, 0.29) is 18.3 Å². The molecule has 0 radical (unpaired) electrons. The van der Waals surface area contributed by atoms with Crippen LogP contribution in [-0.2, 0) is 6.54 Å². The number of hydrogen-bond acceptors (Lipinski definition) is 2. The van der Waals surface area contributed by atoms with Gasteiger partial charge in [-0.1, -0.05) is 23.7 Å². The number of aromatic nitrogens is 2. The summed E-state index contributed by atoms with van der Waals surface area (Å²) in [4.78, 5) is 16.2. The molecule has 0 saturated carbocycles. The highest BCUT2D eigenvalue weighted by molar-refractivity contribution is 6.30. The van der Waals surface area contributed by atoms with Crippen molar-refractivity contribution in [3.8, 4) is 5.69 Å². The number of hydrogen-bond donors (Lipinski definition) is 1. The number of aryl methyl sites for hydroxylation is 1. The third-order valence-electron chi connectivity index (χ3n) is 3.64. The van der Waals surface area contributed by atoms with Crippen LogP contribution in [0.25, 0.3) is 5.69 Å². The molecule has 0 aliphatic heterocycles. The molecule has 0 bridgehead atoms. The third-order valence-corrected chi connectivity index (χ3v) is 3.87. The maximum absolute atomic E-state index is 14.3. The molecular formula is C18H15ClFN3O. The first kappa shape index (κ1) is 16.2. The van der Waals surface area contributed by atoms with Crippen LogP contribution < -0.4 is 5.32 Å². The molecule has 0 unspecified atom stereocenters. The van der Waals surface area contributed by atoms with Crippen molar-refractivity contribution < 1.29 is 9.18 Å². The monoisotopic (exact) mass is 343 g/mol. The number of nitrogens with zero attached hydrogens (tertiary/aromatic N) is 2. The van der Waals surface area contributed by atoms with Crippen molar-refractivity contribution in [3.63, 3.8) is 0 Å². The second-order valence-corrected chi connectivity index (χ2v) is 5.76. The number of carbonyl (C=O) groups is 1. The highest BCUT2D eigenvalue weighted by Gasteiger charge is 2.09. The van der Waals surface area contributed by atoms with Crippen molar-refractivity contribution in [3.05, 3.63) is 82.6 Å². The number of amides is 1. The van der Waals surface area contributed by atoms with Crippen LogP contribution >= 0.6 is 11.6 Å². The average Bonchev–Trinajstić information content (AvgIpc) is 2.98. The van der Waals surface area contributed by atoms with E-state index in [2.05, 4.69) is 10.3 Å². The van der Waals surface area contributed by atoms with E-state index in [4.69, 9.17) is 11.6 Å². The molecule has 4 nitrogen and oxygen atoms in total. The number of benzene rings is 2. The lowest BCUT2D eigenvalue weighted by Gasteiger charge is -2.10. The Labute approximate surface area is 143 Å². The quantitative estimate of drug-likeness (QED) is 0.781. The smallest absolute Gasteiger partial charge is 0.251 e. The van der Waals surface area contributed by atoms with Gasteiger partial charge in [-0.25, -0.2) is 9.37 Å². The van der Waals surface area contributed by atoms with Crippen molar-refractivity contribution in [1.82, 2.24) is 14.9 Å². The minimum Gasteiger partial charge on any atom is -0.348 e. The molecule has 0 aliphatic carbocycles. The SMILES string of the molecule is Cc1nccn1-c1ccc(CNC(=O)c2cccc(Cl)c2)cc1F. The van der Waals surface area contributed by atoms with Gasteiger partial charge in [0.05, 0.1) is 5.69 Å². The van der Waals surface area contributed by atoms with E-state index in [9.17, 15) is 9.18 Å². The van der Waals surface area contributed by atoms with Gasteiger partial charge in [0.15, 0.2) is 0 Å². The van der Waals surface area contributed by atoms with Gasteiger partial charge in [0.1, 0.15) is 11.6 Å². The lowest BCUT2D eigenvalue weighted by atomic mass is 10.1. The molecular weight excluding hydrogens is 329 g/mol. The Morgan fingerprint density at radius 2 is 2.12 bits per heavy atom. The number of halogens is 2. The highest BCUT2D eigenvalue weighted by Crippen LogP contribution is 2.17. The van der Waals surface area contributed by atoms with Crippen LogP contribution in [0.3, 0.4) is 0 Å². The maximum Gasteiger partial charge on any atom is 0.251 e. The molecule has 122 valence electrons. The van der Waals surface area contributed by atoms with Gasteiger partial charge in [-0.2, -0.15) is 0 Å². The average molecular weight is 344 g/mol. The summed E-state index contributed by atoms with van der Waals surface area (Å²) >= 11 is 5.87. The summed E-state index contributed by atoms with van der Waals surface area (Å²) < 4.78 is 16.0. The molecule has 0 spiro atoms. The van der Waals surface area contributed by atoms with E-state index in [1.165, 1.54) is 6.07 Å². The van der Waals surface area contributed by atoms with E-state index in [0.29, 0.717) is 27.7 Å². The van der Waals surface area contributed by atoms with Crippen molar-refractivity contribution in [2.24, 2.45) is 0 Å².